The molecular weight excluding hydrogens is 516 g/mol. The highest BCUT2D eigenvalue weighted by molar-refractivity contribution is 6.07. The van der Waals surface area contributed by atoms with Gasteiger partial charge in [-0.1, -0.05) is 24.3 Å². The van der Waals surface area contributed by atoms with Gasteiger partial charge in [0.25, 0.3) is 5.91 Å². The number of carboxylic acid groups (broad SMARTS) is 1. The molecule has 1 aliphatic heterocycles. The Hall–Kier alpha value is -5.11. The number of anilines is 2. The lowest BCUT2D eigenvalue weighted by molar-refractivity contribution is 0.0697. The van der Waals surface area contributed by atoms with Gasteiger partial charge in [0.05, 0.1) is 12.7 Å². The molecular formula is C33H32N4O4. The number of hydrogen-bond acceptors (Lipinski definition) is 5. The molecule has 8 heteroatoms. The largest absolute Gasteiger partial charge is 0.497 e. The highest BCUT2D eigenvalue weighted by atomic mass is 16.5. The molecule has 8 nitrogen and oxygen atoms in total. The Morgan fingerprint density at radius 1 is 0.976 bits per heavy atom. The first kappa shape index (κ1) is 27.5. The number of nitrogens with two attached hydrogens (primary N) is 1. The van der Waals surface area contributed by atoms with Crippen LogP contribution in [0.5, 0.6) is 5.75 Å². The summed E-state index contributed by atoms with van der Waals surface area (Å²) in [5.41, 5.74) is 12.0. The minimum atomic E-state index is -1.08. The molecule has 1 heterocycles. The molecule has 0 bridgehead atoms. The van der Waals surface area contributed by atoms with Gasteiger partial charge in [-0.3, -0.25) is 10.2 Å². The fourth-order valence-electron chi connectivity index (χ4n) is 5.37. The standard InChI is InChI=1S/C33H32N4O4/c1-3-37(25-7-5-4-6-8-25)32(38)23-9-10-24(20-36-16-15-21-17-22(31(34)35)11-14-30(21)36)28(18-23)27-13-12-26(41-2)19-29(27)33(39)40/h4-14,17-19H,3,15-16,20H2,1-2H3,(H3,34,35)(H,39,40). The van der Waals surface area contributed by atoms with Crippen LogP contribution in [0.4, 0.5) is 11.4 Å². The normalized spacial score (nSPS) is 12.1. The third kappa shape index (κ3) is 5.49. The van der Waals surface area contributed by atoms with Crippen molar-refractivity contribution in [2.75, 3.05) is 30.0 Å². The number of amides is 1. The van der Waals surface area contributed by atoms with E-state index in [1.54, 1.807) is 23.1 Å². The smallest absolute Gasteiger partial charge is 0.336 e. The van der Waals surface area contributed by atoms with E-state index in [9.17, 15) is 14.7 Å². The Bertz CT molecular complexity index is 1630. The molecule has 0 unspecified atom stereocenters. The Kier molecular flexibility index (Phi) is 7.74. The number of para-hydroxylation sites is 1. The predicted molar refractivity (Wildman–Crippen MR) is 161 cm³/mol. The third-order valence-corrected chi connectivity index (χ3v) is 7.48. The number of hydrogen-bond donors (Lipinski definition) is 3. The second kappa shape index (κ2) is 11.6. The maximum absolute atomic E-state index is 13.7. The maximum Gasteiger partial charge on any atom is 0.336 e. The van der Waals surface area contributed by atoms with Gasteiger partial charge in [-0.25, -0.2) is 4.79 Å². The molecule has 0 aromatic heterocycles. The average molecular weight is 549 g/mol. The van der Waals surface area contributed by atoms with Crippen LogP contribution in [0.2, 0.25) is 0 Å². The Morgan fingerprint density at radius 3 is 2.41 bits per heavy atom. The lowest BCUT2D eigenvalue weighted by Gasteiger charge is -2.24. The molecule has 0 aliphatic carbocycles. The van der Waals surface area contributed by atoms with Crippen LogP contribution in [-0.4, -0.2) is 43.0 Å². The van der Waals surface area contributed by atoms with Crippen LogP contribution in [-0.2, 0) is 13.0 Å². The summed E-state index contributed by atoms with van der Waals surface area (Å²) >= 11 is 0. The minimum Gasteiger partial charge on any atom is -0.497 e. The van der Waals surface area contributed by atoms with Crippen molar-refractivity contribution in [1.29, 1.82) is 5.41 Å². The number of rotatable bonds is 9. The lowest BCUT2D eigenvalue weighted by Crippen LogP contribution is -2.30. The number of carboxylic acids is 1. The van der Waals surface area contributed by atoms with Gasteiger partial charge in [-0.2, -0.15) is 0 Å². The van der Waals surface area contributed by atoms with E-state index in [2.05, 4.69) is 4.90 Å². The molecule has 0 spiro atoms. The number of fused-ring (bicyclic) bond motifs is 1. The first-order chi connectivity index (χ1) is 19.8. The number of amidine groups is 1. The molecule has 0 saturated carbocycles. The number of benzene rings is 4. The first-order valence-electron chi connectivity index (χ1n) is 13.4. The highest BCUT2D eigenvalue weighted by Crippen LogP contribution is 2.35. The van der Waals surface area contributed by atoms with Crippen LogP contribution in [0.25, 0.3) is 11.1 Å². The quantitative estimate of drug-likeness (QED) is 0.186. The SMILES string of the molecule is CCN(C(=O)c1ccc(CN2CCc3cc(C(=N)N)ccc32)c(-c2ccc(OC)cc2C(=O)O)c1)c1ccccc1. The molecule has 0 radical (unpaired) electrons. The number of nitrogens with zero attached hydrogens (tertiary/aromatic N) is 2. The van der Waals surface area contributed by atoms with Crippen molar-refractivity contribution in [3.8, 4) is 16.9 Å². The van der Waals surface area contributed by atoms with Gasteiger partial charge in [0.2, 0.25) is 0 Å². The van der Waals surface area contributed by atoms with Crippen LogP contribution in [0.3, 0.4) is 0 Å². The van der Waals surface area contributed by atoms with E-state index >= 15 is 0 Å². The van der Waals surface area contributed by atoms with Crippen LogP contribution >= 0.6 is 0 Å². The summed E-state index contributed by atoms with van der Waals surface area (Å²) in [5.74, 6) is -0.772. The molecule has 5 rings (SSSR count). The topological polar surface area (TPSA) is 120 Å². The van der Waals surface area contributed by atoms with Crippen molar-refractivity contribution < 1.29 is 19.4 Å². The predicted octanol–water partition coefficient (Wildman–Crippen LogP) is 5.57. The van der Waals surface area contributed by atoms with Gasteiger partial charge >= 0.3 is 5.97 Å². The van der Waals surface area contributed by atoms with Crippen molar-refractivity contribution in [2.45, 2.75) is 19.9 Å². The van der Waals surface area contributed by atoms with Gasteiger partial charge in [0, 0.05) is 42.1 Å². The molecule has 4 aromatic rings. The van der Waals surface area contributed by atoms with Crippen LogP contribution in [0, 0.1) is 5.41 Å². The van der Waals surface area contributed by atoms with Crippen LogP contribution in [0.1, 0.15) is 44.3 Å². The number of carbonyl (C=O) groups is 2. The average Bonchev–Trinajstić information content (AvgIpc) is 3.39. The van der Waals surface area contributed by atoms with Crippen molar-refractivity contribution in [2.24, 2.45) is 5.73 Å². The summed E-state index contributed by atoms with van der Waals surface area (Å²) in [5, 5.41) is 17.9. The van der Waals surface area contributed by atoms with E-state index in [-0.39, 0.29) is 17.3 Å². The summed E-state index contributed by atoms with van der Waals surface area (Å²) in [7, 11) is 1.50. The van der Waals surface area contributed by atoms with Gasteiger partial charge in [0.1, 0.15) is 11.6 Å². The molecule has 41 heavy (non-hydrogen) atoms. The van der Waals surface area contributed by atoms with E-state index in [0.29, 0.717) is 41.1 Å². The molecule has 0 saturated heterocycles. The van der Waals surface area contributed by atoms with Crippen molar-refractivity contribution in [3.05, 3.63) is 113 Å². The number of carbonyl (C=O) groups excluding carboxylic acids is 1. The molecule has 4 N–H and O–H groups in total. The molecule has 1 amide bonds. The van der Waals surface area contributed by atoms with Crippen molar-refractivity contribution in [1.82, 2.24) is 0 Å². The fourth-order valence-corrected chi connectivity index (χ4v) is 5.37. The van der Waals surface area contributed by atoms with Crippen molar-refractivity contribution >= 4 is 29.1 Å². The number of ether oxygens (including phenoxy) is 1. The number of methoxy groups -OCH3 is 1. The Morgan fingerprint density at radius 2 is 1.73 bits per heavy atom. The second-order valence-corrected chi connectivity index (χ2v) is 9.90. The summed E-state index contributed by atoms with van der Waals surface area (Å²) in [6, 6.07) is 25.8. The molecule has 208 valence electrons. The lowest BCUT2D eigenvalue weighted by atomic mass is 9.92. The fraction of sp³-hybridized carbons (Fsp3) is 0.182. The summed E-state index contributed by atoms with van der Waals surface area (Å²) < 4.78 is 5.30. The van der Waals surface area contributed by atoms with E-state index in [1.165, 1.54) is 13.2 Å². The monoisotopic (exact) mass is 548 g/mol. The minimum absolute atomic E-state index is 0.0334. The van der Waals surface area contributed by atoms with E-state index in [4.69, 9.17) is 15.9 Å². The summed E-state index contributed by atoms with van der Waals surface area (Å²) in [6.45, 7) is 3.69. The zero-order valence-corrected chi connectivity index (χ0v) is 23.1. The van der Waals surface area contributed by atoms with E-state index in [0.717, 1.165) is 35.5 Å². The summed E-state index contributed by atoms with van der Waals surface area (Å²) in [6.07, 6.45) is 0.813. The molecule has 4 aromatic carbocycles. The zero-order valence-electron chi connectivity index (χ0n) is 23.1. The maximum atomic E-state index is 13.7. The van der Waals surface area contributed by atoms with Crippen LogP contribution in [0.15, 0.2) is 84.9 Å². The molecule has 0 fully saturated rings. The van der Waals surface area contributed by atoms with Crippen molar-refractivity contribution in [3.63, 3.8) is 0 Å². The Labute approximate surface area is 239 Å². The molecule has 0 atom stereocenters. The highest BCUT2D eigenvalue weighted by Gasteiger charge is 2.24. The van der Waals surface area contributed by atoms with Gasteiger partial charge in [-0.05, 0) is 96.3 Å². The number of aromatic carboxylic acids is 1. The third-order valence-electron chi connectivity index (χ3n) is 7.48. The summed E-state index contributed by atoms with van der Waals surface area (Å²) in [4.78, 5) is 30.0. The number of nitrogen functional groups attached to an aromatic ring is 1. The Balaban J connectivity index is 1.59. The van der Waals surface area contributed by atoms with Gasteiger partial charge in [0.15, 0.2) is 0 Å². The van der Waals surface area contributed by atoms with E-state index in [1.807, 2.05) is 67.6 Å². The van der Waals surface area contributed by atoms with Gasteiger partial charge in [-0.15, -0.1) is 0 Å². The second-order valence-electron chi connectivity index (χ2n) is 9.90. The first-order valence-corrected chi connectivity index (χ1v) is 13.4. The molecule has 1 aliphatic rings. The van der Waals surface area contributed by atoms with Gasteiger partial charge < -0.3 is 25.4 Å². The zero-order chi connectivity index (χ0) is 29.1. The number of nitrogens with one attached hydrogen (secondary N) is 1. The van der Waals surface area contributed by atoms with E-state index < -0.39 is 5.97 Å². The van der Waals surface area contributed by atoms with Crippen LogP contribution < -0.4 is 20.3 Å².